The van der Waals surface area contributed by atoms with Crippen molar-refractivity contribution in [3.05, 3.63) is 20.8 Å². The van der Waals surface area contributed by atoms with Crippen LogP contribution in [0.2, 0.25) is 0 Å². The largest absolute Gasteiger partial charge is 0.465 e. The molecule has 0 saturated heterocycles. The Kier molecular flexibility index (Phi) is 5.84. The van der Waals surface area contributed by atoms with E-state index in [9.17, 15) is 9.59 Å². The number of H-pyrrole nitrogens is 1. The van der Waals surface area contributed by atoms with Crippen LogP contribution in [0.25, 0.3) is 10.2 Å². The monoisotopic (exact) mass is 380 g/mol. The van der Waals surface area contributed by atoms with Crippen molar-refractivity contribution >= 4 is 39.3 Å². The Balaban J connectivity index is 1.79. The van der Waals surface area contributed by atoms with Crippen LogP contribution in [0, 0.1) is 5.92 Å². The average molecular weight is 381 g/mol. The molecule has 0 radical (unpaired) electrons. The summed E-state index contributed by atoms with van der Waals surface area (Å²) in [7, 11) is 0. The summed E-state index contributed by atoms with van der Waals surface area (Å²) in [6.07, 6.45) is 4.95. The van der Waals surface area contributed by atoms with E-state index in [1.807, 2.05) is 0 Å². The Morgan fingerprint density at radius 3 is 3.08 bits per heavy atom. The number of aromatic nitrogens is 2. The number of esters is 1. The van der Waals surface area contributed by atoms with Crippen LogP contribution < -0.4 is 5.56 Å². The van der Waals surface area contributed by atoms with Gasteiger partial charge in [0.25, 0.3) is 5.56 Å². The molecule has 0 aliphatic heterocycles. The number of ether oxygens (including phenoxy) is 1. The lowest BCUT2D eigenvalue weighted by molar-refractivity contribution is -0.142. The molecule has 0 saturated carbocycles. The van der Waals surface area contributed by atoms with Gasteiger partial charge in [-0.1, -0.05) is 32.0 Å². The molecule has 0 unspecified atom stereocenters. The van der Waals surface area contributed by atoms with E-state index >= 15 is 0 Å². The molecule has 5 nitrogen and oxygen atoms in total. The quantitative estimate of drug-likeness (QED) is 0.356. The summed E-state index contributed by atoms with van der Waals surface area (Å²) in [6, 6.07) is 0. The zero-order chi connectivity index (χ0) is 18.0. The van der Waals surface area contributed by atoms with Gasteiger partial charge < -0.3 is 9.72 Å². The molecule has 0 bridgehead atoms. The van der Waals surface area contributed by atoms with Gasteiger partial charge in [-0.05, 0) is 44.1 Å². The third kappa shape index (κ3) is 4.08. The van der Waals surface area contributed by atoms with E-state index in [2.05, 4.69) is 23.8 Å². The summed E-state index contributed by atoms with van der Waals surface area (Å²) in [4.78, 5) is 34.1. The summed E-state index contributed by atoms with van der Waals surface area (Å²) >= 11 is 2.87. The van der Waals surface area contributed by atoms with Crippen LogP contribution in [0.1, 0.15) is 50.5 Å². The predicted molar refractivity (Wildman–Crippen MR) is 103 cm³/mol. The molecule has 1 aliphatic carbocycles. The highest BCUT2D eigenvalue weighted by Crippen LogP contribution is 2.36. The number of carbonyl (C=O) groups excluding carboxylic acids is 1. The molecule has 2 atom stereocenters. The summed E-state index contributed by atoms with van der Waals surface area (Å²) < 4.78 is 5.24. The molecule has 0 amide bonds. The van der Waals surface area contributed by atoms with Crippen LogP contribution in [0.3, 0.4) is 0 Å². The Morgan fingerprint density at radius 1 is 1.52 bits per heavy atom. The van der Waals surface area contributed by atoms with Crippen molar-refractivity contribution in [2.45, 2.75) is 63.3 Å². The van der Waals surface area contributed by atoms with E-state index in [1.54, 1.807) is 18.3 Å². The normalized spacial score (nSPS) is 18.1. The van der Waals surface area contributed by atoms with Gasteiger partial charge >= 0.3 is 5.97 Å². The number of hydrogen-bond donors (Lipinski definition) is 1. The molecule has 3 rings (SSSR count). The first-order chi connectivity index (χ1) is 12.0. The first kappa shape index (κ1) is 18.5. The zero-order valence-corrected chi connectivity index (χ0v) is 16.5. The maximum absolute atomic E-state index is 12.6. The SMILES string of the molecule is CCCCOC(=O)[C@H](C)Sc1nc2sc3c(c2c(=O)[nH]1)CC[C@H](C)C3. The fourth-order valence-corrected chi connectivity index (χ4v) is 5.27. The van der Waals surface area contributed by atoms with Gasteiger partial charge in [0.15, 0.2) is 5.16 Å². The number of thiophene rings is 1. The second-order valence-electron chi connectivity index (χ2n) is 6.68. The first-order valence-corrected chi connectivity index (χ1v) is 10.6. The van der Waals surface area contributed by atoms with Crippen molar-refractivity contribution in [2.24, 2.45) is 5.92 Å². The number of unbranched alkanes of at least 4 members (excludes halogenated alkanes) is 1. The van der Waals surface area contributed by atoms with Crippen molar-refractivity contribution in [2.75, 3.05) is 6.61 Å². The first-order valence-electron chi connectivity index (χ1n) is 8.87. The fourth-order valence-electron chi connectivity index (χ4n) is 3.03. The van der Waals surface area contributed by atoms with Crippen molar-refractivity contribution in [3.8, 4) is 0 Å². The van der Waals surface area contributed by atoms with Gasteiger partial charge in [-0.15, -0.1) is 11.3 Å². The molecule has 25 heavy (non-hydrogen) atoms. The molecular weight excluding hydrogens is 356 g/mol. The molecule has 136 valence electrons. The van der Waals surface area contributed by atoms with Crippen LogP contribution in [0.5, 0.6) is 0 Å². The van der Waals surface area contributed by atoms with E-state index in [-0.39, 0.29) is 11.5 Å². The Bertz CT molecular complexity index is 828. The van der Waals surface area contributed by atoms with Crippen LogP contribution in [-0.4, -0.2) is 27.8 Å². The Morgan fingerprint density at radius 2 is 2.32 bits per heavy atom. The average Bonchev–Trinajstić information content (AvgIpc) is 2.92. The fraction of sp³-hybridized carbons (Fsp3) is 0.611. The number of nitrogens with zero attached hydrogens (tertiary/aromatic N) is 1. The molecule has 0 spiro atoms. The minimum atomic E-state index is -0.396. The zero-order valence-electron chi connectivity index (χ0n) is 14.9. The predicted octanol–water partition coefficient (Wildman–Crippen LogP) is 3.93. The summed E-state index contributed by atoms with van der Waals surface area (Å²) in [6.45, 7) is 6.53. The van der Waals surface area contributed by atoms with Crippen molar-refractivity contribution in [1.82, 2.24) is 9.97 Å². The highest BCUT2D eigenvalue weighted by Gasteiger charge is 2.24. The maximum Gasteiger partial charge on any atom is 0.319 e. The summed E-state index contributed by atoms with van der Waals surface area (Å²) in [5, 5.41) is 0.838. The molecule has 1 N–H and O–H groups in total. The van der Waals surface area contributed by atoms with Crippen LogP contribution in [0.15, 0.2) is 9.95 Å². The number of carbonyl (C=O) groups is 1. The number of aryl methyl sites for hydroxylation is 1. The number of rotatable bonds is 6. The number of hydrogen-bond acceptors (Lipinski definition) is 6. The van der Waals surface area contributed by atoms with Gasteiger partial charge in [0, 0.05) is 4.88 Å². The van der Waals surface area contributed by atoms with Gasteiger partial charge in [0.2, 0.25) is 0 Å². The topological polar surface area (TPSA) is 72.0 Å². The van der Waals surface area contributed by atoms with Crippen molar-refractivity contribution in [3.63, 3.8) is 0 Å². The Hall–Kier alpha value is -1.34. The molecule has 2 heterocycles. The second kappa shape index (κ2) is 7.91. The van der Waals surface area contributed by atoms with Gasteiger partial charge in [0.1, 0.15) is 10.1 Å². The third-order valence-electron chi connectivity index (χ3n) is 4.51. The van der Waals surface area contributed by atoms with E-state index < -0.39 is 5.25 Å². The van der Waals surface area contributed by atoms with Crippen molar-refractivity contribution < 1.29 is 9.53 Å². The van der Waals surface area contributed by atoms with Gasteiger partial charge in [-0.25, -0.2) is 4.98 Å². The van der Waals surface area contributed by atoms with E-state index in [4.69, 9.17) is 4.74 Å². The van der Waals surface area contributed by atoms with Gasteiger partial charge in [-0.2, -0.15) is 0 Å². The van der Waals surface area contributed by atoms with E-state index in [1.165, 1.54) is 22.2 Å². The summed E-state index contributed by atoms with van der Waals surface area (Å²) in [5.41, 5.74) is 1.08. The minimum Gasteiger partial charge on any atom is -0.465 e. The van der Waals surface area contributed by atoms with E-state index in [0.29, 0.717) is 17.7 Å². The number of aromatic amines is 1. The summed E-state index contributed by atoms with van der Waals surface area (Å²) in [5.74, 6) is 0.395. The number of nitrogens with one attached hydrogen (secondary N) is 1. The molecule has 2 aromatic rings. The highest BCUT2D eigenvalue weighted by molar-refractivity contribution is 8.00. The molecule has 0 fully saturated rings. The molecule has 7 heteroatoms. The molecule has 0 aromatic carbocycles. The van der Waals surface area contributed by atoms with Gasteiger partial charge in [-0.3, -0.25) is 9.59 Å². The number of fused-ring (bicyclic) bond motifs is 3. The Labute approximate surface area is 155 Å². The van der Waals surface area contributed by atoms with Crippen LogP contribution >= 0.6 is 23.1 Å². The molecule has 1 aliphatic rings. The standard InChI is InChI=1S/C18H24N2O3S2/c1-4-5-8-23-17(22)11(3)24-18-19-15(21)14-12-7-6-10(2)9-13(12)25-16(14)20-18/h10-11H,4-9H2,1-3H3,(H,19,20,21)/t10-,11-/m0/s1. The highest BCUT2D eigenvalue weighted by atomic mass is 32.2. The van der Waals surface area contributed by atoms with Crippen molar-refractivity contribution in [1.29, 1.82) is 0 Å². The lowest BCUT2D eigenvalue weighted by atomic mass is 9.89. The maximum atomic E-state index is 12.6. The lowest BCUT2D eigenvalue weighted by Gasteiger charge is -2.17. The molecule has 2 aromatic heterocycles. The lowest BCUT2D eigenvalue weighted by Crippen LogP contribution is -2.19. The molecular formula is C18H24N2O3S2. The van der Waals surface area contributed by atoms with E-state index in [0.717, 1.165) is 42.3 Å². The van der Waals surface area contributed by atoms with Crippen LogP contribution in [-0.2, 0) is 22.4 Å². The minimum absolute atomic E-state index is 0.0916. The van der Waals surface area contributed by atoms with Crippen LogP contribution in [0.4, 0.5) is 0 Å². The third-order valence-corrected chi connectivity index (χ3v) is 6.62. The second-order valence-corrected chi connectivity index (χ2v) is 9.10. The smallest absolute Gasteiger partial charge is 0.319 e. The van der Waals surface area contributed by atoms with Gasteiger partial charge in [0.05, 0.1) is 12.0 Å². The number of thioether (sulfide) groups is 1.